The monoisotopic (exact) mass is 488 g/mol. The van der Waals surface area contributed by atoms with Crippen LogP contribution in [0.5, 0.6) is 0 Å². The molecule has 8 heteroatoms. The van der Waals surface area contributed by atoms with E-state index in [-0.39, 0.29) is 12.0 Å². The van der Waals surface area contributed by atoms with Gasteiger partial charge in [-0.15, -0.1) is 0 Å². The highest BCUT2D eigenvalue weighted by molar-refractivity contribution is 5.58. The predicted octanol–water partition coefficient (Wildman–Crippen LogP) is 4.96. The van der Waals surface area contributed by atoms with Gasteiger partial charge in [-0.2, -0.15) is 10.1 Å². The fourth-order valence-electron chi connectivity index (χ4n) is 4.98. The molecule has 0 spiro atoms. The van der Waals surface area contributed by atoms with Gasteiger partial charge in [0.15, 0.2) is 5.69 Å². The summed E-state index contributed by atoms with van der Waals surface area (Å²) in [5, 5.41) is 18.6. The zero-order valence-electron chi connectivity index (χ0n) is 20.3. The summed E-state index contributed by atoms with van der Waals surface area (Å²) in [6.45, 7) is 3.67. The Kier molecular flexibility index (Phi) is 5.73. The second kappa shape index (κ2) is 8.94. The van der Waals surface area contributed by atoms with E-state index >= 15 is 4.39 Å². The van der Waals surface area contributed by atoms with E-state index in [1.807, 2.05) is 35.9 Å². The van der Waals surface area contributed by atoms with Crippen LogP contribution in [0.15, 0.2) is 59.1 Å². The molecule has 2 fully saturated rings. The van der Waals surface area contributed by atoms with Gasteiger partial charge in [0.2, 0.25) is 5.82 Å². The van der Waals surface area contributed by atoms with E-state index in [4.69, 9.17) is 14.4 Å². The van der Waals surface area contributed by atoms with Crippen LogP contribution >= 0.6 is 0 Å². The number of benzene rings is 2. The molecule has 186 valence electrons. The topological polar surface area (TPSA) is 86.2 Å². The van der Waals surface area contributed by atoms with Crippen LogP contribution in [0.4, 0.5) is 4.39 Å². The largest absolute Gasteiger partial charge is 0.395 e. The summed E-state index contributed by atoms with van der Waals surface area (Å²) in [6, 6.07) is 17.6. The fraction of sp³-hybridized carbons (Fsp3) is 0.393. The van der Waals surface area contributed by atoms with E-state index in [9.17, 15) is 5.11 Å². The van der Waals surface area contributed by atoms with Gasteiger partial charge in [-0.05, 0) is 42.5 Å². The maximum absolute atomic E-state index is 15.2. The van der Waals surface area contributed by atoms with E-state index in [0.717, 1.165) is 29.7 Å². The van der Waals surface area contributed by atoms with E-state index in [2.05, 4.69) is 28.3 Å². The Balaban J connectivity index is 1.19. The van der Waals surface area contributed by atoms with Crippen molar-refractivity contribution in [1.29, 1.82) is 0 Å². The molecular weight excluding hydrogens is 459 g/mol. The number of hydrogen-bond acceptors (Lipinski definition) is 6. The van der Waals surface area contributed by atoms with Gasteiger partial charge in [-0.3, -0.25) is 4.68 Å². The van der Waals surface area contributed by atoms with Crippen LogP contribution in [0.2, 0.25) is 0 Å². The van der Waals surface area contributed by atoms with Crippen LogP contribution in [0.1, 0.15) is 48.1 Å². The standard InChI is InChI=1S/C28H29FN4O3/c1-19-15-24(31-33(19)17-20-3-2-4-23(16-20)27(18-34)9-10-27)26-30-25(32-36-26)21-5-7-22(8-6-21)28(29)11-13-35-14-12-28/h2-8,15-16,34H,9-14,17-18H2,1H3. The molecule has 1 aliphatic heterocycles. The summed E-state index contributed by atoms with van der Waals surface area (Å²) in [4.78, 5) is 4.54. The van der Waals surface area contributed by atoms with E-state index in [1.54, 1.807) is 12.1 Å². The van der Waals surface area contributed by atoms with Crippen LogP contribution < -0.4 is 0 Å². The molecule has 0 atom stereocenters. The van der Waals surface area contributed by atoms with Gasteiger partial charge in [0, 0.05) is 42.7 Å². The van der Waals surface area contributed by atoms with Crippen LogP contribution in [0, 0.1) is 6.92 Å². The first-order valence-electron chi connectivity index (χ1n) is 12.4. The minimum absolute atomic E-state index is 0.0612. The average Bonchev–Trinajstić information content (AvgIpc) is 3.41. The molecule has 1 saturated carbocycles. The molecule has 6 rings (SSSR count). The maximum atomic E-state index is 15.2. The molecule has 0 bridgehead atoms. The van der Waals surface area contributed by atoms with Gasteiger partial charge in [0.25, 0.3) is 5.89 Å². The number of hydrogen-bond donors (Lipinski definition) is 1. The lowest BCUT2D eigenvalue weighted by atomic mass is 9.88. The number of aromatic nitrogens is 4. The minimum atomic E-state index is -1.35. The van der Waals surface area contributed by atoms with Crippen molar-refractivity contribution < 1.29 is 18.8 Å². The Hall–Kier alpha value is -3.36. The van der Waals surface area contributed by atoms with Crippen LogP contribution in [0.3, 0.4) is 0 Å². The molecule has 36 heavy (non-hydrogen) atoms. The Labute approximate surface area is 208 Å². The molecule has 7 nitrogen and oxygen atoms in total. The van der Waals surface area contributed by atoms with Gasteiger partial charge >= 0.3 is 0 Å². The van der Waals surface area contributed by atoms with Crippen molar-refractivity contribution in [3.8, 4) is 23.0 Å². The van der Waals surface area contributed by atoms with Crippen molar-refractivity contribution in [3.05, 3.63) is 77.0 Å². The number of ether oxygens (including phenoxy) is 1. The second-order valence-corrected chi connectivity index (χ2v) is 10.0. The first-order chi connectivity index (χ1) is 17.5. The van der Waals surface area contributed by atoms with Crippen molar-refractivity contribution in [1.82, 2.24) is 19.9 Å². The van der Waals surface area contributed by atoms with Crippen molar-refractivity contribution in [2.75, 3.05) is 19.8 Å². The Bertz CT molecular complexity index is 1370. The van der Waals surface area contributed by atoms with Gasteiger partial charge in [0.1, 0.15) is 5.67 Å². The van der Waals surface area contributed by atoms with Crippen molar-refractivity contribution in [3.63, 3.8) is 0 Å². The molecule has 2 aromatic heterocycles. The number of aliphatic hydroxyl groups is 1. The van der Waals surface area contributed by atoms with Crippen LogP contribution in [-0.2, 0) is 22.4 Å². The summed E-state index contributed by atoms with van der Waals surface area (Å²) < 4.78 is 28.0. The van der Waals surface area contributed by atoms with E-state index in [0.29, 0.717) is 55.6 Å². The lowest BCUT2D eigenvalue weighted by molar-refractivity contribution is -0.0114. The predicted molar refractivity (Wildman–Crippen MR) is 132 cm³/mol. The molecule has 3 heterocycles. The molecule has 1 N–H and O–H groups in total. The number of aliphatic hydroxyl groups excluding tert-OH is 1. The van der Waals surface area contributed by atoms with Crippen molar-refractivity contribution in [2.24, 2.45) is 0 Å². The smallest absolute Gasteiger partial charge is 0.278 e. The van der Waals surface area contributed by atoms with Crippen molar-refractivity contribution >= 4 is 0 Å². The highest BCUT2D eigenvalue weighted by atomic mass is 19.1. The summed E-state index contributed by atoms with van der Waals surface area (Å²) in [7, 11) is 0. The molecule has 1 aliphatic carbocycles. The molecule has 2 aromatic carbocycles. The van der Waals surface area contributed by atoms with Gasteiger partial charge < -0.3 is 14.4 Å². The van der Waals surface area contributed by atoms with Crippen LogP contribution in [-0.4, -0.2) is 44.8 Å². The Morgan fingerprint density at radius 1 is 1.00 bits per heavy atom. The Morgan fingerprint density at radius 3 is 2.50 bits per heavy atom. The van der Waals surface area contributed by atoms with Gasteiger partial charge in [0.05, 0.1) is 13.2 Å². The quantitative estimate of drug-likeness (QED) is 0.396. The third kappa shape index (κ3) is 4.24. The summed E-state index contributed by atoms with van der Waals surface area (Å²) in [5.41, 5.74) is 3.92. The van der Waals surface area contributed by atoms with E-state index in [1.165, 1.54) is 5.56 Å². The lowest BCUT2D eigenvalue weighted by Crippen LogP contribution is -2.29. The van der Waals surface area contributed by atoms with Gasteiger partial charge in [-0.1, -0.05) is 53.7 Å². The SMILES string of the molecule is Cc1cc(-c2nc(-c3ccc(C4(F)CCOCC4)cc3)no2)nn1Cc1cccc(C2(CO)CC2)c1. The van der Waals surface area contributed by atoms with E-state index < -0.39 is 5.67 Å². The number of aryl methyl sites for hydroxylation is 1. The molecule has 4 aromatic rings. The maximum Gasteiger partial charge on any atom is 0.278 e. The highest BCUT2D eigenvalue weighted by Gasteiger charge is 2.43. The molecule has 0 radical (unpaired) electrons. The molecule has 1 saturated heterocycles. The third-order valence-corrected chi connectivity index (χ3v) is 7.60. The fourth-order valence-corrected chi connectivity index (χ4v) is 4.98. The molecule has 2 aliphatic rings. The average molecular weight is 489 g/mol. The Morgan fingerprint density at radius 2 is 1.78 bits per heavy atom. The van der Waals surface area contributed by atoms with Crippen molar-refractivity contribution in [2.45, 2.75) is 50.2 Å². The summed E-state index contributed by atoms with van der Waals surface area (Å²) in [5.74, 6) is 0.781. The molecule has 0 unspecified atom stereocenters. The highest BCUT2D eigenvalue weighted by Crippen LogP contribution is 2.47. The zero-order chi connectivity index (χ0) is 24.8. The number of rotatable bonds is 7. The van der Waals surface area contributed by atoms with Gasteiger partial charge in [-0.25, -0.2) is 4.39 Å². The first kappa shape index (κ1) is 23.1. The normalized spacial score (nSPS) is 18.3. The lowest BCUT2D eigenvalue weighted by Gasteiger charge is -2.29. The number of nitrogens with zero attached hydrogens (tertiary/aromatic N) is 4. The molecular formula is C28H29FN4O3. The van der Waals surface area contributed by atoms with Crippen LogP contribution in [0.25, 0.3) is 23.0 Å². The molecule has 0 amide bonds. The zero-order valence-corrected chi connectivity index (χ0v) is 20.3. The first-order valence-corrected chi connectivity index (χ1v) is 12.4. The minimum Gasteiger partial charge on any atom is -0.395 e. The summed E-state index contributed by atoms with van der Waals surface area (Å²) >= 11 is 0. The summed E-state index contributed by atoms with van der Waals surface area (Å²) in [6.07, 6.45) is 2.80. The third-order valence-electron chi connectivity index (χ3n) is 7.60. The second-order valence-electron chi connectivity index (χ2n) is 10.0. The number of alkyl halides is 1. The number of halogens is 1.